The molecule has 110 valence electrons. The molecule has 1 aliphatic heterocycles. The zero-order valence-corrected chi connectivity index (χ0v) is 11.7. The third kappa shape index (κ3) is 2.43. The minimum absolute atomic E-state index is 0.0459. The summed E-state index contributed by atoms with van der Waals surface area (Å²) in [5, 5.41) is 8.11. The number of aromatic nitrogens is 4. The lowest BCUT2D eigenvalue weighted by Crippen LogP contribution is -2.41. The molecule has 1 atom stereocenters. The van der Waals surface area contributed by atoms with Crippen LogP contribution in [0.25, 0.3) is 0 Å². The second-order valence-corrected chi connectivity index (χ2v) is 5.81. The number of amides is 1. The third-order valence-electron chi connectivity index (χ3n) is 4.22. The first kappa shape index (κ1) is 12.6. The molecule has 1 saturated heterocycles. The molecule has 21 heavy (non-hydrogen) atoms. The molecule has 3 heterocycles. The van der Waals surface area contributed by atoms with E-state index >= 15 is 0 Å². The molecular weight excluding hydrogens is 270 g/mol. The number of hydrogen-bond acceptors (Lipinski definition) is 5. The highest BCUT2D eigenvalue weighted by atomic mass is 16.5. The molecule has 1 unspecified atom stereocenters. The minimum atomic E-state index is -0.0459. The molecule has 2 aromatic rings. The molecule has 0 aromatic carbocycles. The number of piperidine rings is 1. The largest absolute Gasteiger partial charge is 0.360 e. The molecule has 2 aromatic heterocycles. The number of carbonyl (C=O) groups is 1. The van der Waals surface area contributed by atoms with E-state index in [1.807, 2.05) is 9.58 Å². The molecule has 7 nitrogen and oxygen atoms in total. The Bertz CT molecular complexity index is 632. The van der Waals surface area contributed by atoms with Crippen LogP contribution in [0, 0.1) is 0 Å². The van der Waals surface area contributed by atoms with Gasteiger partial charge in [-0.3, -0.25) is 4.79 Å². The van der Waals surface area contributed by atoms with Crippen molar-refractivity contribution in [2.75, 3.05) is 13.1 Å². The van der Waals surface area contributed by atoms with E-state index in [0.29, 0.717) is 18.2 Å². The predicted molar refractivity (Wildman–Crippen MR) is 72.7 cm³/mol. The molecule has 0 spiro atoms. The Balaban J connectivity index is 1.47. The molecule has 7 heteroatoms. The molecule has 4 rings (SSSR count). The smallest absolute Gasteiger partial charge is 0.276 e. The van der Waals surface area contributed by atoms with Crippen molar-refractivity contribution in [2.24, 2.45) is 0 Å². The maximum atomic E-state index is 12.5. The first-order valence-electron chi connectivity index (χ1n) is 7.41. The van der Waals surface area contributed by atoms with Crippen LogP contribution >= 0.6 is 0 Å². The Morgan fingerprint density at radius 1 is 1.33 bits per heavy atom. The van der Waals surface area contributed by atoms with Crippen molar-refractivity contribution in [3.8, 4) is 0 Å². The van der Waals surface area contributed by atoms with Gasteiger partial charge in [-0.15, -0.1) is 0 Å². The average molecular weight is 287 g/mol. The fourth-order valence-electron chi connectivity index (χ4n) is 2.87. The van der Waals surface area contributed by atoms with Gasteiger partial charge in [0.1, 0.15) is 18.4 Å². The topological polar surface area (TPSA) is 77.0 Å². The van der Waals surface area contributed by atoms with Crippen LogP contribution in [0.1, 0.15) is 53.9 Å². The minimum Gasteiger partial charge on any atom is -0.360 e. The fourth-order valence-corrected chi connectivity index (χ4v) is 2.87. The molecule has 2 aliphatic rings. The molecule has 1 amide bonds. The summed E-state index contributed by atoms with van der Waals surface area (Å²) < 4.78 is 7.11. The number of hydrogen-bond donors (Lipinski definition) is 0. The van der Waals surface area contributed by atoms with Gasteiger partial charge in [-0.1, -0.05) is 5.16 Å². The monoisotopic (exact) mass is 287 g/mol. The van der Waals surface area contributed by atoms with Crippen LogP contribution in [0.15, 0.2) is 23.2 Å². The second-order valence-electron chi connectivity index (χ2n) is 5.81. The molecule has 0 N–H and O–H groups in total. The fraction of sp³-hybridized carbons (Fsp3) is 0.571. The Labute approximate surface area is 121 Å². The molecule has 2 fully saturated rings. The zero-order valence-electron chi connectivity index (χ0n) is 11.7. The van der Waals surface area contributed by atoms with Crippen molar-refractivity contribution < 1.29 is 9.32 Å². The van der Waals surface area contributed by atoms with Gasteiger partial charge in [0.15, 0.2) is 5.69 Å². The first-order valence-corrected chi connectivity index (χ1v) is 7.41. The summed E-state index contributed by atoms with van der Waals surface area (Å²) in [6.07, 6.45) is 7.49. The average Bonchev–Trinajstić information content (AvgIpc) is 3.05. The van der Waals surface area contributed by atoms with Crippen LogP contribution in [0.4, 0.5) is 0 Å². The van der Waals surface area contributed by atoms with Crippen LogP contribution in [-0.2, 0) is 0 Å². The molecule has 1 saturated carbocycles. The maximum Gasteiger partial charge on any atom is 0.276 e. The number of nitrogens with zero attached hydrogens (tertiary/aromatic N) is 5. The summed E-state index contributed by atoms with van der Waals surface area (Å²) in [6, 6.07) is 2.00. The number of carbonyl (C=O) groups excluding carboxylic acids is 1. The van der Waals surface area contributed by atoms with Gasteiger partial charge < -0.3 is 9.42 Å². The maximum absolute atomic E-state index is 12.5. The summed E-state index contributed by atoms with van der Waals surface area (Å²) >= 11 is 0. The van der Waals surface area contributed by atoms with Crippen LogP contribution in [0.2, 0.25) is 0 Å². The number of rotatable bonds is 3. The summed E-state index contributed by atoms with van der Waals surface area (Å²) in [7, 11) is 0. The van der Waals surface area contributed by atoms with Crippen molar-refractivity contribution in [3.63, 3.8) is 0 Å². The lowest BCUT2D eigenvalue weighted by Gasteiger charge is -2.32. The van der Waals surface area contributed by atoms with Gasteiger partial charge in [0.05, 0.1) is 6.04 Å². The van der Waals surface area contributed by atoms with E-state index in [9.17, 15) is 4.79 Å². The van der Waals surface area contributed by atoms with Gasteiger partial charge in [-0.25, -0.2) is 9.67 Å². The highest BCUT2D eigenvalue weighted by Gasteiger charge is 2.31. The highest BCUT2D eigenvalue weighted by Crippen LogP contribution is 2.40. The van der Waals surface area contributed by atoms with Crippen LogP contribution in [0.5, 0.6) is 0 Å². The van der Waals surface area contributed by atoms with Crippen molar-refractivity contribution >= 4 is 5.91 Å². The lowest BCUT2D eigenvalue weighted by molar-refractivity contribution is 0.0662. The SMILES string of the molecule is O=C(c1cc(C2CC2)on1)N1CCCC(n2cncn2)C1. The van der Waals surface area contributed by atoms with Crippen LogP contribution in [-0.4, -0.2) is 43.8 Å². The van der Waals surface area contributed by atoms with Gasteiger partial charge in [0, 0.05) is 25.1 Å². The summed E-state index contributed by atoms with van der Waals surface area (Å²) in [5.41, 5.74) is 0.427. The van der Waals surface area contributed by atoms with Gasteiger partial charge >= 0.3 is 0 Å². The van der Waals surface area contributed by atoms with E-state index in [2.05, 4.69) is 15.2 Å². The Hall–Kier alpha value is -2.18. The van der Waals surface area contributed by atoms with Crippen molar-refractivity contribution in [1.82, 2.24) is 24.8 Å². The highest BCUT2D eigenvalue weighted by molar-refractivity contribution is 5.92. The summed E-state index contributed by atoms with van der Waals surface area (Å²) in [4.78, 5) is 18.3. The van der Waals surface area contributed by atoms with Crippen molar-refractivity contribution in [2.45, 2.75) is 37.6 Å². The van der Waals surface area contributed by atoms with E-state index in [1.54, 1.807) is 12.4 Å². The normalized spacial score (nSPS) is 22.5. The first-order chi connectivity index (χ1) is 10.3. The van der Waals surface area contributed by atoms with Crippen molar-refractivity contribution in [3.05, 3.63) is 30.2 Å². The van der Waals surface area contributed by atoms with Crippen LogP contribution < -0.4 is 0 Å². The zero-order chi connectivity index (χ0) is 14.2. The summed E-state index contributed by atoms with van der Waals surface area (Å²) in [5.74, 6) is 1.28. The predicted octanol–water partition coefficient (Wildman–Crippen LogP) is 1.62. The quantitative estimate of drug-likeness (QED) is 0.857. The molecule has 1 aliphatic carbocycles. The van der Waals surface area contributed by atoms with E-state index in [1.165, 1.54) is 6.33 Å². The van der Waals surface area contributed by atoms with E-state index < -0.39 is 0 Å². The molecule has 0 bridgehead atoms. The Morgan fingerprint density at radius 2 is 2.24 bits per heavy atom. The summed E-state index contributed by atoms with van der Waals surface area (Å²) in [6.45, 7) is 1.41. The van der Waals surface area contributed by atoms with E-state index in [-0.39, 0.29) is 11.9 Å². The van der Waals surface area contributed by atoms with Gasteiger partial charge in [0.2, 0.25) is 0 Å². The Morgan fingerprint density at radius 3 is 3.00 bits per heavy atom. The Kier molecular flexibility index (Phi) is 2.98. The standard InChI is InChI=1S/C14H17N5O2/c20-14(12-6-13(21-17-12)10-3-4-10)18-5-1-2-11(7-18)19-9-15-8-16-19/h6,8-11H,1-5,7H2. The molecular formula is C14H17N5O2. The third-order valence-corrected chi connectivity index (χ3v) is 4.22. The van der Waals surface area contributed by atoms with Gasteiger partial charge in [-0.2, -0.15) is 5.10 Å². The van der Waals surface area contributed by atoms with Crippen molar-refractivity contribution in [1.29, 1.82) is 0 Å². The molecule has 0 radical (unpaired) electrons. The van der Waals surface area contributed by atoms with E-state index in [4.69, 9.17) is 4.52 Å². The van der Waals surface area contributed by atoms with Crippen LogP contribution in [0.3, 0.4) is 0 Å². The van der Waals surface area contributed by atoms with Gasteiger partial charge in [0.25, 0.3) is 5.91 Å². The lowest BCUT2D eigenvalue weighted by atomic mass is 10.1. The van der Waals surface area contributed by atoms with Gasteiger partial charge in [-0.05, 0) is 25.7 Å². The van der Waals surface area contributed by atoms with E-state index in [0.717, 1.165) is 38.0 Å². The second kappa shape index (κ2) is 4.98. The number of likely N-dealkylation sites (tertiary alicyclic amines) is 1.